The van der Waals surface area contributed by atoms with Gasteiger partial charge in [0.1, 0.15) is 6.33 Å². The third-order valence-electron chi connectivity index (χ3n) is 3.45. The first-order chi connectivity index (χ1) is 9.30. The molecule has 2 atom stereocenters. The Kier molecular flexibility index (Phi) is 4.82. The summed E-state index contributed by atoms with van der Waals surface area (Å²) in [6.07, 6.45) is 6.40. The molecule has 1 heterocycles. The van der Waals surface area contributed by atoms with Gasteiger partial charge in [0.05, 0.1) is 7.11 Å². The zero-order valence-electron chi connectivity index (χ0n) is 12.1. The number of aromatic nitrogens is 2. The molecule has 1 aromatic rings. The van der Waals surface area contributed by atoms with Crippen molar-refractivity contribution < 1.29 is 4.74 Å². The topological polar surface area (TPSA) is 59.1 Å². The van der Waals surface area contributed by atoms with Crippen LogP contribution in [-0.4, -0.2) is 29.7 Å². The van der Waals surface area contributed by atoms with E-state index in [1.165, 1.54) is 19.3 Å². The lowest BCUT2D eigenvalue weighted by Crippen LogP contribution is -2.11. The molecule has 0 aliphatic heterocycles. The molecule has 1 aliphatic rings. The van der Waals surface area contributed by atoms with Crippen LogP contribution in [0.15, 0.2) is 6.33 Å². The van der Waals surface area contributed by atoms with Gasteiger partial charge in [0.2, 0.25) is 5.75 Å². The molecular weight excluding hydrogens is 240 g/mol. The van der Waals surface area contributed by atoms with E-state index in [1.807, 2.05) is 0 Å². The van der Waals surface area contributed by atoms with Crippen molar-refractivity contribution in [2.75, 3.05) is 24.3 Å². The maximum atomic E-state index is 5.45. The van der Waals surface area contributed by atoms with Gasteiger partial charge in [-0.05, 0) is 25.2 Å². The monoisotopic (exact) mass is 264 g/mol. The smallest absolute Gasteiger partial charge is 0.204 e. The lowest BCUT2D eigenvalue weighted by molar-refractivity contribution is 0.414. The van der Waals surface area contributed by atoms with Crippen LogP contribution in [0.3, 0.4) is 0 Å². The van der Waals surface area contributed by atoms with E-state index in [4.69, 9.17) is 4.74 Å². The van der Waals surface area contributed by atoms with E-state index in [1.54, 1.807) is 13.4 Å². The average Bonchev–Trinajstić information content (AvgIpc) is 3.15. The number of nitrogens with zero attached hydrogens (tertiary/aromatic N) is 2. The Morgan fingerprint density at radius 3 is 2.74 bits per heavy atom. The van der Waals surface area contributed by atoms with Crippen molar-refractivity contribution >= 4 is 11.6 Å². The van der Waals surface area contributed by atoms with Gasteiger partial charge in [-0.1, -0.05) is 20.3 Å². The van der Waals surface area contributed by atoms with E-state index in [-0.39, 0.29) is 0 Å². The maximum Gasteiger partial charge on any atom is 0.204 e. The van der Waals surface area contributed by atoms with Crippen molar-refractivity contribution in [3.8, 4) is 5.75 Å². The predicted molar refractivity (Wildman–Crippen MR) is 77.8 cm³/mol. The van der Waals surface area contributed by atoms with Crippen LogP contribution in [0.1, 0.15) is 39.5 Å². The fourth-order valence-corrected chi connectivity index (χ4v) is 2.33. The second kappa shape index (κ2) is 6.59. The van der Waals surface area contributed by atoms with Crippen molar-refractivity contribution in [1.29, 1.82) is 0 Å². The Labute approximate surface area is 115 Å². The molecule has 106 valence electrons. The molecule has 0 amide bonds. The lowest BCUT2D eigenvalue weighted by Gasteiger charge is -2.13. The highest BCUT2D eigenvalue weighted by molar-refractivity contribution is 5.64. The van der Waals surface area contributed by atoms with Gasteiger partial charge < -0.3 is 15.4 Å². The summed E-state index contributed by atoms with van der Waals surface area (Å²) in [4.78, 5) is 8.55. The fraction of sp³-hybridized carbons (Fsp3) is 0.714. The molecule has 5 heteroatoms. The third-order valence-corrected chi connectivity index (χ3v) is 3.45. The zero-order chi connectivity index (χ0) is 13.7. The van der Waals surface area contributed by atoms with Crippen LogP contribution in [0.25, 0.3) is 0 Å². The molecule has 5 nitrogen and oxygen atoms in total. The SMILES string of the molecule is CCCNc1ncnc(NC2CC2CCC)c1OC. The standard InChI is InChI=1S/C14H24N4O/c1-4-6-10-8-11(10)18-14-12(19-3)13(15-7-5-2)16-9-17-14/h9-11H,4-8H2,1-3H3,(H2,15,16,17,18). The number of rotatable bonds is 8. The van der Waals surface area contributed by atoms with E-state index in [2.05, 4.69) is 34.4 Å². The first kappa shape index (κ1) is 13.9. The second-order valence-electron chi connectivity index (χ2n) is 5.07. The van der Waals surface area contributed by atoms with E-state index in [9.17, 15) is 0 Å². The minimum absolute atomic E-state index is 0.544. The molecule has 19 heavy (non-hydrogen) atoms. The Morgan fingerprint density at radius 1 is 1.26 bits per heavy atom. The molecule has 0 spiro atoms. The van der Waals surface area contributed by atoms with E-state index >= 15 is 0 Å². The molecular formula is C14H24N4O. The molecule has 2 unspecified atom stereocenters. The highest BCUT2D eigenvalue weighted by atomic mass is 16.5. The molecule has 1 aliphatic carbocycles. The summed E-state index contributed by atoms with van der Waals surface area (Å²) in [5, 5.41) is 6.74. The number of nitrogens with one attached hydrogen (secondary N) is 2. The first-order valence-electron chi connectivity index (χ1n) is 7.19. The van der Waals surface area contributed by atoms with E-state index in [0.29, 0.717) is 6.04 Å². The summed E-state index contributed by atoms with van der Waals surface area (Å²) in [5.74, 6) is 3.09. The van der Waals surface area contributed by atoms with Crippen LogP contribution < -0.4 is 15.4 Å². The van der Waals surface area contributed by atoms with Gasteiger partial charge in [0.15, 0.2) is 11.6 Å². The molecule has 1 fully saturated rings. The Balaban J connectivity index is 2.03. The minimum Gasteiger partial charge on any atom is -0.490 e. The Bertz CT molecular complexity index is 410. The molecule has 0 bridgehead atoms. The van der Waals surface area contributed by atoms with Crippen molar-refractivity contribution in [2.45, 2.75) is 45.6 Å². The lowest BCUT2D eigenvalue weighted by atomic mass is 10.2. The molecule has 1 saturated carbocycles. The molecule has 1 aromatic heterocycles. The summed E-state index contributed by atoms with van der Waals surface area (Å²) in [5.41, 5.74) is 0. The highest BCUT2D eigenvalue weighted by Crippen LogP contribution is 2.39. The van der Waals surface area contributed by atoms with Crippen LogP contribution in [0, 0.1) is 5.92 Å². The normalized spacial score (nSPS) is 21.0. The van der Waals surface area contributed by atoms with E-state index < -0.39 is 0 Å². The van der Waals surface area contributed by atoms with Gasteiger partial charge in [-0.15, -0.1) is 0 Å². The summed E-state index contributed by atoms with van der Waals surface area (Å²) in [7, 11) is 1.66. The molecule has 0 aromatic carbocycles. The summed E-state index contributed by atoms with van der Waals surface area (Å²) in [6.45, 7) is 5.24. The maximum absolute atomic E-state index is 5.45. The van der Waals surface area contributed by atoms with Gasteiger partial charge in [0.25, 0.3) is 0 Å². The Morgan fingerprint density at radius 2 is 2.05 bits per heavy atom. The van der Waals surface area contributed by atoms with Crippen LogP contribution in [0.2, 0.25) is 0 Å². The van der Waals surface area contributed by atoms with Crippen molar-refractivity contribution in [3.63, 3.8) is 0 Å². The van der Waals surface area contributed by atoms with Gasteiger partial charge in [0, 0.05) is 12.6 Å². The molecule has 2 rings (SSSR count). The van der Waals surface area contributed by atoms with Gasteiger partial charge in [-0.2, -0.15) is 0 Å². The first-order valence-corrected chi connectivity index (χ1v) is 7.19. The van der Waals surface area contributed by atoms with E-state index in [0.717, 1.165) is 36.3 Å². The number of ether oxygens (including phenoxy) is 1. The third kappa shape index (κ3) is 3.49. The van der Waals surface area contributed by atoms with Crippen molar-refractivity contribution in [3.05, 3.63) is 6.33 Å². The fourth-order valence-electron chi connectivity index (χ4n) is 2.33. The highest BCUT2D eigenvalue weighted by Gasteiger charge is 2.36. The largest absolute Gasteiger partial charge is 0.490 e. The average molecular weight is 264 g/mol. The predicted octanol–water partition coefficient (Wildman–Crippen LogP) is 2.91. The molecule has 2 N–H and O–H groups in total. The van der Waals surface area contributed by atoms with Crippen LogP contribution >= 0.6 is 0 Å². The summed E-state index contributed by atoms with van der Waals surface area (Å²) >= 11 is 0. The van der Waals surface area contributed by atoms with Gasteiger partial charge in [-0.25, -0.2) is 9.97 Å². The van der Waals surface area contributed by atoms with Gasteiger partial charge in [-0.3, -0.25) is 0 Å². The molecule has 0 radical (unpaired) electrons. The zero-order valence-corrected chi connectivity index (χ0v) is 12.1. The van der Waals surface area contributed by atoms with Crippen LogP contribution in [0.5, 0.6) is 5.75 Å². The van der Waals surface area contributed by atoms with Crippen molar-refractivity contribution in [1.82, 2.24) is 9.97 Å². The number of hydrogen-bond donors (Lipinski definition) is 2. The number of hydrogen-bond acceptors (Lipinski definition) is 5. The summed E-state index contributed by atoms with van der Waals surface area (Å²) < 4.78 is 5.45. The quantitative estimate of drug-likeness (QED) is 0.756. The van der Waals surface area contributed by atoms with Gasteiger partial charge >= 0.3 is 0 Å². The van der Waals surface area contributed by atoms with Crippen molar-refractivity contribution in [2.24, 2.45) is 5.92 Å². The van der Waals surface area contributed by atoms with Crippen LogP contribution in [-0.2, 0) is 0 Å². The minimum atomic E-state index is 0.544. The molecule has 0 saturated heterocycles. The second-order valence-corrected chi connectivity index (χ2v) is 5.07. The number of methoxy groups -OCH3 is 1. The summed E-state index contributed by atoms with van der Waals surface area (Å²) in [6, 6.07) is 0.544. The number of anilines is 2. The van der Waals surface area contributed by atoms with Crippen LogP contribution in [0.4, 0.5) is 11.6 Å². The Hall–Kier alpha value is -1.52.